The van der Waals surface area contributed by atoms with Gasteiger partial charge in [-0.1, -0.05) is 24.3 Å². The largest absolute Gasteiger partial charge is 0.496 e. The summed E-state index contributed by atoms with van der Waals surface area (Å²) in [5.74, 6) is -1.03. The zero-order valence-corrected chi connectivity index (χ0v) is 23.6. The summed E-state index contributed by atoms with van der Waals surface area (Å²) in [5, 5.41) is 22.9. The molecule has 12 nitrogen and oxygen atoms in total. The third-order valence-electron chi connectivity index (χ3n) is 6.71. The first-order valence-corrected chi connectivity index (χ1v) is 12.7. The van der Waals surface area contributed by atoms with Crippen molar-refractivity contribution in [2.75, 3.05) is 28.4 Å². The number of ether oxygens (including phenoxy) is 4. The van der Waals surface area contributed by atoms with Crippen molar-refractivity contribution in [3.8, 4) is 33.8 Å². The van der Waals surface area contributed by atoms with Gasteiger partial charge in [-0.15, -0.1) is 0 Å². The van der Waals surface area contributed by atoms with Gasteiger partial charge in [-0.25, -0.2) is 9.59 Å². The van der Waals surface area contributed by atoms with Gasteiger partial charge in [0.2, 0.25) is 0 Å². The topological polar surface area (TPSA) is 157 Å². The highest BCUT2D eigenvalue weighted by Gasteiger charge is 2.24. The molecule has 0 aromatic heterocycles. The van der Waals surface area contributed by atoms with Gasteiger partial charge in [0.25, 0.3) is 11.4 Å². The minimum absolute atomic E-state index is 0.0475. The van der Waals surface area contributed by atoms with Crippen molar-refractivity contribution in [3.63, 3.8) is 0 Å². The van der Waals surface area contributed by atoms with E-state index in [2.05, 4.69) is 0 Å². The van der Waals surface area contributed by atoms with Crippen molar-refractivity contribution in [1.82, 2.24) is 0 Å². The van der Waals surface area contributed by atoms with Crippen molar-refractivity contribution in [3.05, 3.63) is 115 Å². The molecule has 0 aliphatic carbocycles. The fourth-order valence-electron chi connectivity index (χ4n) is 4.78. The van der Waals surface area contributed by atoms with E-state index in [1.165, 1.54) is 77.0 Å². The summed E-state index contributed by atoms with van der Waals surface area (Å²) in [6.07, 6.45) is 0.0475. The van der Waals surface area contributed by atoms with Gasteiger partial charge in [0, 0.05) is 41.8 Å². The van der Waals surface area contributed by atoms with Crippen molar-refractivity contribution < 1.29 is 38.4 Å². The maximum Gasteiger partial charge on any atom is 0.341 e. The van der Waals surface area contributed by atoms with Gasteiger partial charge >= 0.3 is 11.9 Å². The molecule has 43 heavy (non-hydrogen) atoms. The van der Waals surface area contributed by atoms with Crippen LogP contribution in [0.2, 0.25) is 0 Å². The Morgan fingerprint density at radius 2 is 1.00 bits per heavy atom. The Hall–Kier alpha value is -5.78. The number of methoxy groups -OCH3 is 4. The maximum atomic E-state index is 12.8. The molecule has 4 aromatic carbocycles. The first-order valence-electron chi connectivity index (χ1n) is 12.7. The molecule has 4 aromatic rings. The molecule has 0 amide bonds. The summed E-state index contributed by atoms with van der Waals surface area (Å²) >= 11 is 0. The van der Waals surface area contributed by atoms with Gasteiger partial charge in [-0.2, -0.15) is 0 Å². The molecule has 0 saturated heterocycles. The van der Waals surface area contributed by atoms with E-state index < -0.39 is 21.8 Å². The van der Waals surface area contributed by atoms with Crippen molar-refractivity contribution >= 4 is 23.3 Å². The number of non-ortho nitro benzene ring substituents is 2. The molecular weight excluding hydrogens is 560 g/mol. The van der Waals surface area contributed by atoms with Crippen LogP contribution in [0.3, 0.4) is 0 Å². The van der Waals surface area contributed by atoms with Gasteiger partial charge < -0.3 is 18.9 Å². The Kier molecular flexibility index (Phi) is 8.99. The predicted molar refractivity (Wildman–Crippen MR) is 156 cm³/mol. The lowest BCUT2D eigenvalue weighted by molar-refractivity contribution is -0.385. The zero-order chi connectivity index (χ0) is 31.3. The molecule has 0 unspecified atom stereocenters. The molecular formula is C31H26N2O10. The number of nitro groups is 2. The van der Waals surface area contributed by atoms with Crippen LogP contribution >= 0.6 is 0 Å². The average Bonchev–Trinajstić information content (AvgIpc) is 3.03. The summed E-state index contributed by atoms with van der Waals surface area (Å²) in [7, 11) is 5.20. The zero-order valence-electron chi connectivity index (χ0n) is 23.6. The van der Waals surface area contributed by atoms with Gasteiger partial charge in [0.1, 0.15) is 22.6 Å². The summed E-state index contributed by atoms with van der Waals surface area (Å²) < 4.78 is 21.2. The van der Waals surface area contributed by atoms with Crippen molar-refractivity contribution in [2.24, 2.45) is 0 Å². The van der Waals surface area contributed by atoms with Crippen LogP contribution in [0.15, 0.2) is 72.8 Å². The van der Waals surface area contributed by atoms with Crippen molar-refractivity contribution in [1.29, 1.82) is 0 Å². The maximum absolute atomic E-state index is 12.8. The van der Waals surface area contributed by atoms with E-state index in [1.54, 1.807) is 24.3 Å². The second-order valence-electron chi connectivity index (χ2n) is 9.21. The molecule has 4 rings (SSSR count). The molecule has 0 radical (unpaired) electrons. The second kappa shape index (κ2) is 12.8. The highest BCUT2D eigenvalue weighted by Crippen LogP contribution is 2.38. The van der Waals surface area contributed by atoms with Gasteiger partial charge in [0.05, 0.1) is 38.3 Å². The molecule has 0 aliphatic heterocycles. The third kappa shape index (κ3) is 6.27. The smallest absolute Gasteiger partial charge is 0.341 e. The number of hydrogen-bond donors (Lipinski definition) is 0. The van der Waals surface area contributed by atoms with E-state index in [4.69, 9.17) is 18.9 Å². The summed E-state index contributed by atoms with van der Waals surface area (Å²) in [6.45, 7) is 0. The van der Waals surface area contributed by atoms with E-state index >= 15 is 0 Å². The Morgan fingerprint density at radius 3 is 1.33 bits per heavy atom. The quantitative estimate of drug-likeness (QED) is 0.122. The number of carbonyl (C=O) groups is 2. The molecule has 220 valence electrons. The molecule has 0 saturated carbocycles. The minimum atomic E-state index is -0.696. The molecule has 0 aliphatic rings. The molecule has 0 N–H and O–H groups in total. The normalized spacial score (nSPS) is 10.5. The first kappa shape index (κ1) is 30.2. The number of nitro benzene ring substituents is 2. The number of hydrogen-bond acceptors (Lipinski definition) is 10. The van der Waals surface area contributed by atoms with Crippen LogP contribution in [0.25, 0.3) is 22.3 Å². The molecule has 0 heterocycles. The number of carbonyl (C=O) groups excluding carboxylic acids is 2. The van der Waals surface area contributed by atoms with Gasteiger partial charge in [-0.3, -0.25) is 20.2 Å². The molecule has 0 fully saturated rings. The van der Waals surface area contributed by atoms with Crippen LogP contribution in [0.5, 0.6) is 11.5 Å². The summed E-state index contributed by atoms with van der Waals surface area (Å²) in [4.78, 5) is 47.5. The van der Waals surface area contributed by atoms with Crippen LogP contribution < -0.4 is 9.47 Å². The fraction of sp³-hybridized carbons (Fsp3) is 0.161. The molecule has 0 atom stereocenters. The summed E-state index contributed by atoms with van der Waals surface area (Å²) in [6, 6.07) is 18.3. The van der Waals surface area contributed by atoms with Crippen LogP contribution in [0, 0.1) is 20.2 Å². The van der Waals surface area contributed by atoms with E-state index in [0.29, 0.717) is 33.4 Å². The van der Waals surface area contributed by atoms with Crippen LogP contribution in [-0.4, -0.2) is 50.2 Å². The van der Waals surface area contributed by atoms with E-state index in [0.717, 1.165) is 0 Å². The highest BCUT2D eigenvalue weighted by atomic mass is 16.6. The highest BCUT2D eigenvalue weighted by molar-refractivity contribution is 5.96. The summed E-state index contributed by atoms with van der Waals surface area (Å²) in [5.41, 5.74) is 2.70. The average molecular weight is 587 g/mol. The SMILES string of the molecule is COC(=O)c1cc(-c2cccc([N+](=O)[O-])c2)cc(Cc2cc(-c3cccc([N+](=O)[O-])c3)cc(C(=O)OC)c2OC)c1OC. The number of rotatable bonds is 10. The molecule has 12 heteroatoms. The number of nitrogens with zero attached hydrogens (tertiary/aromatic N) is 2. The monoisotopic (exact) mass is 586 g/mol. The van der Waals surface area contributed by atoms with Crippen LogP contribution in [0.4, 0.5) is 11.4 Å². The minimum Gasteiger partial charge on any atom is -0.496 e. The van der Waals surface area contributed by atoms with E-state index in [-0.39, 0.29) is 40.4 Å². The van der Waals surface area contributed by atoms with Crippen LogP contribution in [0.1, 0.15) is 31.8 Å². The van der Waals surface area contributed by atoms with E-state index in [9.17, 15) is 29.8 Å². The Morgan fingerprint density at radius 1 is 0.605 bits per heavy atom. The Labute approximate surface area is 245 Å². The Balaban J connectivity index is 1.98. The molecule has 0 spiro atoms. The lowest BCUT2D eigenvalue weighted by Crippen LogP contribution is -2.10. The second-order valence-corrected chi connectivity index (χ2v) is 9.21. The predicted octanol–water partition coefficient (Wildman–Crippen LogP) is 6.02. The molecule has 0 bridgehead atoms. The van der Waals surface area contributed by atoms with Crippen LogP contribution in [-0.2, 0) is 15.9 Å². The van der Waals surface area contributed by atoms with Gasteiger partial charge in [0.15, 0.2) is 0 Å². The number of esters is 2. The lowest BCUT2D eigenvalue weighted by atomic mass is 9.91. The van der Waals surface area contributed by atoms with Crippen molar-refractivity contribution in [2.45, 2.75) is 6.42 Å². The number of benzene rings is 4. The lowest BCUT2D eigenvalue weighted by Gasteiger charge is -2.19. The van der Waals surface area contributed by atoms with E-state index in [1.807, 2.05) is 0 Å². The third-order valence-corrected chi connectivity index (χ3v) is 6.71. The first-order chi connectivity index (χ1) is 20.6. The Bertz CT molecular complexity index is 1620. The fourth-order valence-corrected chi connectivity index (χ4v) is 4.78. The van der Waals surface area contributed by atoms with Gasteiger partial charge in [-0.05, 0) is 46.5 Å². The standard InChI is InChI=1S/C31H26N2O10/c1-40-28-22(11-20(16-26(28)30(34)42-3)18-7-5-9-24(14-18)32(36)37)13-23-12-21(17-27(29(23)41-2)31(35)43-4)19-8-6-10-25(15-19)33(38)39/h5-12,14-17H,13H2,1-4H3.